The molecule has 5 nitrogen and oxygen atoms in total. The second-order valence-corrected chi connectivity index (χ2v) is 7.07. The number of piperazine rings is 1. The van der Waals surface area contributed by atoms with Gasteiger partial charge >= 0.3 is 0 Å². The van der Waals surface area contributed by atoms with E-state index in [1.54, 1.807) is 12.4 Å². The highest BCUT2D eigenvalue weighted by Gasteiger charge is 2.25. The summed E-state index contributed by atoms with van der Waals surface area (Å²) in [6, 6.07) is 12.4. The van der Waals surface area contributed by atoms with Crippen molar-refractivity contribution in [1.82, 2.24) is 25.0 Å². The van der Waals surface area contributed by atoms with Crippen LogP contribution in [0.3, 0.4) is 0 Å². The Balaban J connectivity index is 1.58. The highest BCUT2D eigenvalue weighted by Crippen LogP contribution is 2.27. The fraction of sp³-hybridized carbons (Fsp3) is 0.300. The van der Waals surface area contributed by atoms with E-state index in [1.165, 1.54) is 11.1 Å². The molecule has 0 saturated carbocycles. The van der Waals surface area contributed by atoms with Gasteiger partial charge < -0.3 is 5.32 Å². The van der Waals surface area contributed by atoms with E-state index in [-0.39, 0.29) is 0 Å². The van der Waals surface area contributed by atoms with Crippen molar-refractivity contribution in [1.29, 1.82) is 0 Å². The Bertz CT molecular complexity index is 877. The zero-order chi connectivity index (χ0) is 17.9. The van der Waals surface area contributed by atoms with E-state index in [0.717, 1.165) is 42.6 Å². The zero-order valence-electron chi connectivity index (χ0n) is 14.8. The molecule has 1 fully saturated rings. The molecule has 0 spiro atoms. The number of nitrogens with zero attached hydrogens (tertiary/aromatic N) is 4. The lowest BCUT2D eigenvalue weighted by molar-refractivity contribution is 0.153. The van der Waals surface area contributed by atoms with Crippen LogP contribution in [0.4, 0.5) is 0 Å². The van der Waals surface area contributed by atoms with Crippen LogP contribution in [0.2, 0.25) is 5.02 Å². The molecular weight excluding hydrogens is 346 g/mol. The molecule has 0 radical (unpaired) electrons. The number of benzene rings is 1. The van der Waals surface area contributed by atoms with Gasteiger partial charge in [-0.3, -0.25) is 9.88 Å². The highest BCUT2D eigenvalue weighted by atomic mass is 35.5. The molecule has 3 heterocycles. The minimum Gasteiger partial charge on any atom is -0.314 e. The molecule has 0 aliphatic carbocycles. The van der Waals surface area contributed by atoms with Crippen LogP contribution in [0.1, 0.15) is 22.9 Å². The van der Waals surface area contributed by atoms with Crippen LogP contribution in [-0.4, -0.2) is 39.3 Å². The molecule has 1 unspecified atom stereocenters. The summed E-state index contributed by atoms with van der Waals surface area (Å²) in [5.41, 5.74) is 4.59. The van der Waals surface area contributed by atoms with Gasteiger partial charge in [-0.05, 0) is 36.8 Å². The Morgan fingerprint density at radius 1 is 1.23 bits per heavy atom. The first-order chi connectivity index (χ1) is 12.7. The molecule has 6 heteroatoms. The van der Waals surface area contributed by atoms with Crippen molar-refractivity contribution in [2.75, 3.05) is 19.6 Å². The van der Waals surface area contributed by atoms with Crippen LogP contribution in [0.25, 0.3) is 5.69 Å². The van der Waals surface area contributed by atoms with E-state index >= 15 is 0 Å². The smallest absolute Gasteiger partial charge is 0.0676 e. The Morgan fingerprint density at radius 2 is 2.08 bits per heavy atom. The number of nitrogens with one attached hydrogen (secondary N) is 1. The summed E-state index contributed by atoms with van der Waals surface area (Å²) in [5.74, 6) is 0. The van der Waals surface area contributed by atoms with E-state index in [0.29, 0.717) is 6.04 Å². The lowest BCUT2D eigenvalue weighted by Gasteiger charge is -2.36. The Kier molecular flexibility index (Phi) is 5.02. The maximum atomic E-state index is 6.21. The third-order valence-corrected chi connectivity index (χ3v) is 5.12. The van der Waals surface area contributed by atoms with Gasteiger partial charge in [-0.25, -0.2) is 4.68 Å². The second-order valence-electron chi connectivity index (χ2n) is 6.64. The van der Waals surface area contributed by atoms with Gasteiger partial charge in [0.25, 0.3) is 0 Å². The standard InChI is InChI=1S/C20H22ClN5/c1-15-17(14-26(24-15)19-5-7-22-8-6-19)13-25-10-9-23-12-20(25)16-3-2-4-18(21)11-16/h2-8,11,14,20,23H,9-10,12-13H2,1H3. The van der Waals surface area contributed by atoms with Gasteiger partial charge in [-0.1, -0.05) is 23.7 Å². The number of hydrogen-bond donors (Lipinski definition) is 1. The first-order valence-electron chi connectivity index (χ1n) is 8.86. The van der Waals surface area contributed by atoms with E-state index < -0.39 is 0 Å². The molecule has 0 bridgehead atoms. The lowest BCUT2D eigenvalue weighted by atomic mass is 10.0. The highest BCUT2D eigenvalue weighted by molar-refractivity contribution is 6.30. The van der Waals surface area contributed by atoms with Crippen molar-refractivity contribution in [3.63, 3.8) is 0 Å². The number of halogens is 1. The Hall–Kier alpha value is -2.21. The second kappa shape index (κ2) is 7.58. The van der Waals surface area contributed by atoms with Crippen LogP contribution >= 0.6 is 11.6 Å². The molecule has 1 saturated heterocycles. The molecule has 134 valence electrons. The molecule has 1 atom stereocenters. The molecule has 1 aliphatic rings. The van der Waals surface area contributed by atoms with Crippen LogP contribution in [0, 0.1) is 6.92 Å². The quantitative estimate of drug-likeness (QED) is 0.768. The number of rotatable bonds is 4. The van der Waals surface area contributed by atoms with E-state index in [4.69, 9.17) is 11.6 Å². The third kappa shape index (κ3) is 3.65. The molecule has 1 N–H and O–H groups in total. The minimum absolute atomic E-state index is 0.311. The number of pyridine rings is 1. The SMILES string of the molecule is Cc1nn(-c2ccncc2)cc1CN1CCNCC1c1cccc(Cl)c1. The Labute approximate surface area is 158 Å². The van der Waals surface area contributed by atoms with Crippen molar-refractivity contribution < 1.29 is 0 Å². The van der Waals surface area contributed by atoms with E-state index in [2.05, 4.69) is 45.6 Å². The van der Waals surface area contributed by atoms with Gasteiger partial charge in [0.15, 0.2) is 0 Å². The van der Waals surface area contributed by atoms with Crippen molar-refractivity contribution in [3.8, 4) is 5.69 Å². The van der Waals surface area contributed by atoms with Gasteiger partial charge in [0, 0.05) is 61.4 Å². The monoisotopic (exact) mass is 367 g/mol. The van der Waals surface area contributed by atoms with E-state index in [1.807, 2.05) is 28.9 Å². The predicted octanol–water partition coefficient (Wildman–Crippen LogP) is 3.38. The molecular formula is C20H22ClN5. The number of aromatic nitrogens is 3. The van der Waals surface area contributed by atoms with Gasteiger partial charge in [0.05, 0.1) is 11.4 Å². The van der Waals surface area contributed by atoms with Crippen LogP contribution < -0.4 is 5.32 Å². The summed E-state index contributed by atoms with van der Waals surface area (Å²) in [5, 5.41) is 8.97. The molecule has 1 aliphatic heterocycles. The van der Waals surface area contributed by atoms with Crippen LogP contribution in [0.5, 0.6) is 0 Å². The largest absolute Gasteiger partial charge is 0.314 e. The first kappa shape index (κ1) is 17.2. The average molecular weight is 368 g/mol. The summed E-state index contributed by atoms with van der Waals surface area (Å²) in [4.78, 5) is 6.58. The fourth-order valence-electron chi connectivity index (χ4n) is 3.48. The van der Waals surface area contributed by atoms with Crippen molar-refractivity contribution in [3.05, 3.63) is 76.8 Å². The van der Waals surface area contributed by atoms with Gasteiger partial charge in [-0.2, -0.15) is 5.10 Å². The third-order valence-electron chi connectivity index (χ3n) is 4.89. The lowest BCUT2D eigenvalue weighted by Crippen LogP contribution is -2.45. The summed E-state index contributed by atoms with van der Waals surface area (Å²) in [6.45, 7) is 5.86. The number of hydrogen-bond acceptors (Lipinski definition) is 4. The summed E-state index contributed by atoms with van der Waals surface area (Å²) in [6.07, 6.45) is 5.71. The Morgan fingerprint density at radius 3 is 2.88 bits per heavy atom. The van der Waals surface area contributed by atoms with Crippen molar-refractivity contribution >= 4 is 11.6 Å². The maximum Gasteiger partial charge on any atom is 0.0676 e. The minimum atomic E-state index is 0.311. The first-order valence-corrected chi connectivity index (χ1v) is 9.24. The van der Waals surface area contributed by atoms with Crippen LogP contribution in [-0.2, 0) is 6.54 Å². The van der Waals surface area contributed by atoms with Crippen molar-refractivity contribution in [2.24, 2.45) is 0 Å². The molecule has 2 aromatic heterocycles. The van der Waals surface area contributed by atoms with Gasteiger partial charge in [0.1, 0.15) is 0 Å². The van der Waals surface area contributed by atoms with E-state index in [9.17, 15) is 0 Å². The molecule has 4 rings (SSSR count). The maximum absolute atomic E-state index is 6.21. The summed E-state index contributed by atoms with van der Waals surface area (Å²) in [7, 11) is 0. The predicted molar refractivity (Wildman–Crippen MR) is 104 cm³/mol. The fourth-order valence-corrected chi connectivity index (χ4v) is 3.68. The average Bonchev–Trinajstić information content (AvgIpc) is 3.03. The molecule has 0 amide bonds. The topological polar surface area (TPSA) is 46.0 Å². The zero-order valence-corrected chi connectivity index (χ0v) is 15.5. The molecule has 26 heavy (non-hydrogen) atoms. The van der Waals surface area contributed by atoms with Crippen LogP contribution in [0.15, 0.2) is 55.0 Å². The summed E-state index contributed by atoms with van der Waals surface area (Å²) >= 11 is 6.21. The molecule has 3 aromatic rings. The normalized spacial score (nSPS) is 18.2. The number of aryl methyl sites for hydroxylation is 1. The van der Waals surface area contributed by atoms with Gasteiger partial charge in [0.2, 0.25) is 0 Å². The van der Waals surface area contributed by atoms with Gasteiger partial charge in [-0.15, -0.1) is 0 Å². The molecule has 1 aromatic carbocycles. The van der Waals surface area contributed by atoms with Crippen molar-refractivity contribution in [2.45, 2.75) is 19.5 Å². The summed E-state index contributed by atoms with van der Waals surface area (Å²) < 4.78 is 1.93.